The summed E-state index contributed by atoms with van der Waals surface area (Å²) in [4.78, 5) is 12.5. The summed E-state index contributed by atoms with van der Waals surface area (Å²) in [6.45, 7) is -0.162. The van der Waals surface area contributed by atoms with Gasteiger partial charge in [0.1, 0.15) is 12.3 Å². The normalized spacial score (nSPS) is 11.1. The third-order valence-corrected chi connectivity index (χ3v) is 6.09. The standard InChI is InChI=1S/C19H17BrN2O4S/c20-15-8-10-16(11-9-15)22(27(24,25)18-6-2-1-3-7-18)14-19(23)21-13-17-5-4-12-26-17/h1-12H,13-14H2,(H,21,23). The first-order valence-electron chi connectivity index (χ1n) is 8.09. The number of nitrogens with zero attached hydrogens (tertiary/aromatic N) is 1. The van der Waals surface area contributed by atoms with Crippen LogP contribution in [0.3, 0.4) is 0 Å². The minimum atomic E-state index is -3.90. The van der Waals surface area contributed by atoms with Gasteiger partial charge in [-0.05, 0) is 48.5 Å². The van der Waals surface area contributed by atoms with E-state index in [2.05, 4.69) is 21.2 Å². The molecule has 0 aliphatic heterocycles. The monoisotopic (exact) mass is 448 g/mol. The van der Waals surface area contributed by atoms with E-state index in [1.165, 1.54) is 18.4 Å². The number of benzene rings is 2. The third kappa shape index (κ3) is 4.78. The van der Waals surface area contributed by atoms with Crippen LogP contribution in [0.25, 0.3) is 0 Å². The lowest BCUT2D eigenvalue weighted by Gasteiger charge is -2.24. The fraction of sp³-hybridized carbons (Fsp3) is 0.105. The van der Waals surface area contributed by atoms with Crippen LogP contribution in [0.2, 0.25) is 0 Å². The Morgan fingerprint density at radius 3 is 2.33 bits per heavy atom. The van der Waals surface area contributed by atoms with E-state index >= 15 is 0 Å². The molecule has 0 bridgehead atoms. The van der Waals surface area contributed by atoms with Crippen molar-refractivity contribution in [3.63, 3.8) is 0 Å². The lowest BCUT2D eigenvalue weighted by Crippen LogP contribution is -2.40. The number of amides is 1. The van der Waals surface area contributed by atoms with Crippen molar-refractivity contribution in [2.45, 2.75) is 11.4 Å². The van der Waals surface area contributed by atoms with Gasteiger partial charge in [-0.2, -0.15) is 0 Å². The first-order valence-corrected chi connectivity index (χ1v) is 10.3. The van der Waals surface area contributed by atoms with E-state index in [1.54, 1.807) is 54.6 Å². The molecule has 0 saturated heterocycles. The Kier molecular flexibility index (Phi) is 5.98. The Labute approximate surface area is 166 Å². The van der Waals surface area contributed by atoms with Crippen molar-refractivity contribution in [2.75, 3.05) is 10.8 Å². The zero-order valence-corrected chi connectivity index (χ0v) is 16.6. The maximum Gasteiger partial charge on any atom is 0.264 e. The van der Waals surface area contributed by atoms with Gasteiger partial charge in [0.05, 0.1) is 23.4 Å². The van der Waals surface area contributed by atoms with Gasteiger partial charge in [0.25, 0.3) is 10.0 Å². The quantitative estimate of drug-likeness (QED) is 0.599. The van der Waals surface area contributed by atoms with E-state index in [-0.39, 0.29) is 18.0 Å². The van der Waals surface area contributed by atoms with Gasteiger partial charge in [-0.3, -0.25) is 9.10 Å². The molecule has 3 rings (SSSR count). The van der Waals surface area contributed by atoms with Crippen LogP contribution in [0.4, 0.5) is 5.69 Å². The molecule has 0 spiro atoms. The van der Waals surface area contributed by atoms with E-state index < -0.39 is 15.9 Å². The summed E-state index contributed by atoms with van der Waals surface area (Å²) < 4.78 is 33.3. The molecule has 0 fully saturated rings. The summed E-state index contributed by atoms with van der Waals surface area (Å²) in [5.41, 5.74) is 0.398. The van der Waals surface area contributed by atoms with Crippen molar-refractivity contribution in [1.29, 1.82) is 0 Å². The number of carbonyl (C=O) groups is 1. The zero-order chi connectivity index (χ0) is 19.3. The number of anilines is 1. The van der Waals surface area contributed by atoms with Gasteiger partial charge in [-0.25, -0.2) is 8.42 Å². The Hall–Kier alpha value is -2.58. The van der Waals surface area contributed by atoms with E-state index in [0.717, 1.165) is 8.78 Å². The zero-order valence-electron chi connectivity index (χ0n) is 14.2. The predicted octanol–water partition coefficient (Wildman–Crippen LogP) is 3.55. The minimum Gasteiger partial charge on any atom is -0.467 e. The number of sulfonamides is 1. The van der Waals surface area contributed by atoms with Crippen LogP contribution in [0.5, 0.6) is 0 Å². The first-order chi connectivity index (χ1) is 13.0. The lowest BCUT2D eigenvalue weighted by atomic mass is 10.3. The topological polar surface area (TPSA) is 79.6 Å². The van der Waals surface area contributed by atoms with E-state index in [9.17, 15) is 13.2 Å². The van der Waals surface area contributed by atoms with Crippen molar-refractivity contribution in [3.05, 3.63) is 83.2 Å². The Balaban J connectivity index is 1.86. The van der Waals surface area contributed by atoms with Crippen molar-refractivity contribution in [3.8, 4) is 0 Å². The number of halogens is 1. The molecule has 6 nitrogen and oxygen atoms in total. The van der Waals surface area contributed by atoms with Gasteiger partial charge < -0.3 is 9.73 Å². The highest BCUT2D eigenvalue weighted by atomic mass is 79.9. The summed E-state index contributed by atoms with van der Waals surface area (Å²) in [5.74, 6) is 0.151. The molecule has 27 heavy (non-hydrogen) atoms. The number of carbonyl (C=O) groups excluding carboxylic acids is 1. The molecule has 0 radical (unpaired) electrons. The van der Waals surface area contributed by atoms with Crippen molar-refractivity contribution in [2.24, 2.45) is 0 Å². The fourth-order valence-electron chi connectivity index (χ4n) is 2.43. The fourth-order valence-corrected chi connectivity index (χ4v) is 4.13. The smallest absolute Gasteiger partial charge is 0.264 e. The molecule has 8 heteroatoms. The van der Waals surface area contributed by atoms with E-state index in [1.807, 2.05) is 0 Å². The van der Waals surface area contributed by atoms with Crippen LogP contribution in [-0.4, -0.2) is 20.9 Å². The SMILES string of the molecule is O=C(CN(c1ccc(Br)cc1)S(=O)(=O)c1ccccc1)NCc1ccco1. The molecule has 0 saturated carbocycles. The Morgan fingerprint density at radius 1 is 1.00 bits per heavy atom. The molecule has 3 aromatic rings. The second-order valence-corrected chi connectivity index (χ2v) is 8.44. The average molecular weight is 449 g/mol. The molecule has 0 aliphatic rings. The predicted molar refractivity (Wildman–Crippen MR) is 106 cm³/mol. The van der Waals surface area contributed by atoms with Gasteiger partial charge in [0, 0.05) is 4.47 Å². The molecular formula is C19H17BrN2O4S. The molecular weight excluding hydrogens is 432 g/mol. The van der Waals surface area contributed by atoms with Crippen LogP contribution in [0.15, 0.2) is 86.8 Å². The van der Waals surface area contributed by atoms with E-state index in [4.69, 9.17) is 4.42 Å². The number of nitrogens with one attached hydrogen (secondary N) is 1. The summed E-state index contributed by atoms with van der Waals surface area (Å²) in [5, 5.41) is 2.67. The second-order valence-electron chi connectivity index (χ2n) is 5.66. The minimum absolute atomic E-state index is 0.117. The second kappa shape index (κ2) is 8.41. The average Bonchev–Trinajstić information content (AvgIpc) is 3.19. The first kappa shape index (κ1) is 19.2. The Bertz CT molecular complexity index is 988. The van der Waals surface area contributed by atoms with Gasteiger partial charge in [-0.15, -0.1) is 0 Å². The van der Waals surface area contributed by atoms with Crippen molar-refractivity contribution < 1.29 is 17.6 Å². The van der Waals surface area contributed by atoms with Crippen molar-refractivity contribution in [1.82, 2.24) is 5.32 Å². The van der Waals surface area contributed by atoms with Crippen LogP contribution in [0, 0.1) is 0 Å². The summed E-state index contributed by atoms with van der Waals surface area (Å²) in [6.07, 6.45) is 1.51. The maximum absolute atomic E-state index is 13.1. The molecule has 1 amide bonds. The Morgan fingerprint density at radius 2 is 1.70 bits per heavy atom. The number of furan rings is 1. The highest BCUT2D eigenvalue weighted by Crippen LogP contribution is 2.25. The van der Waals surface area contributed by atoms with Gasteiger partial charge >= 0.3 is 0 Å². The van der Waals surface area contributed by atoms with Crippen LogP contribution in [0.1, 0.15) is 5.76 Å². The highest BCUT2D eigenvalue weighted by molar-refractivity contribution is 9.10. The molecule has 1 heterocycles. The van der Waals surface area contributed by atoms with Gasteiger partial charge in [0.15, 0.2) is 0 Å². The summed E-state index contributed by atoms with van der Waals surface area (Å²) in [7, 11) is -3.90. The molecule has 140 valence electrons. The van der Waals surface area contributed by atoms with E-state index in [0.29, 0.717) is 11.4 Å². The maximum atomic E-state index is 13.1. The molecule has 0 atom stereocenters. The van der Waals surface area contributed by atoms with Crippen LogP contribution in [-0.2, 0) is 21.4 Å². The van der Waals surface area contributed by atoms with Crippen molar-refractivity contribution >= 4 is 37.5 Å². The summed E-state index contributed by atoms with van der Waals surface area (Å²) in [6, 6.07) is 18.2. The molecule has 0 aliphatic carbocycles. The lowest BCUT2D eigenvalue weighted by molar-refractivity contribution is -0.119. The third-order valence-electron chi connectivity index (χ3n) is 3.77. The largest absolute Gasteiger partial charge is 0.467 e. The summed E-state index contributed by atoms with van der Waals surface area (Å²) >= 11 is 3.33. The molecule has 0 unspecified atom stereocenters. The number of hydrogen-bond donors (Lipinski definition) is 1. The van der Waals surface area contributed by atoms with Crippen LogP contribution < -0.4 is 9.62 Å². The number of hydrogen-bond acceptors (Lipinski definition) is 4. The number of rotatable bonds is 7. The van der Waals surface area contributed by atoms with Gasteiger partial charge in [0.2, 0.25) is 5.91 Å². The van der Waals surface area contributed by atoms with Gasteiger partial charge in [-0.1, -0.05) is 34.1 Å². The molecule has 1 aromatic heterocycles. The molecule has 2 aromatic carbocycles. The highest BCUT2D eigenvalue weighted by Gasteiger charge is 2.27. The molecule has 1 N–H and O–H groups in total. The van der Waals surface area contributed by atoms with Crippen LogP contribution >= 0.6 is 15.9 Å².